The Morgan fingerprint density at radius 1 is 1.13 bits per heavy atom. The van der Waals surface area contributed by atoms with Gasteiger partial charge in [0.05, 0.1) is 11.4 Å². The van der Waals surface area contributed by atoms with E-state index in [-0.39, 0.29) is 5.91 Å². The van der Waals surface area contributed by atoms with E-state index in [1.54, 1.807) is 0 Å². The molecule has 1 amide bonds. The molecular weight excluding hydrogens is 440 g/mol. The average molecular weight is 452 g/mol. The third-order valence-corrected chi connectivity index (χ3v) is 5.56. The van der Waals surface area contributed by atoms with E-state index >= 15 is 0 Å². The summed E-state index contributed by atoms with van der Waals surface area (Å²) in [6.45, 7) is 1.86. The zero-order chi connectivity index (χ0) is 16.4. The number of thiazole rings is 1. The van der Waals surface area contributed by atoms with E-state index in [1.807, 2.05) is 55.5 Å². The highest BCUT2D eigenvalue weighted by atomic mass is 79.9. The summed E-state index contributed by atoms with van der Waals surface area (Å²) in [6, 6.07) is 15.5. The van der Waals surface area contributed by atoms with Crippen molar-refractivity contribution in [1.82, 2.24) is 4.98 Å². The number of hydrogen-bond donors (Lipinski definition) is 1. The van der Waals surface area contributed by atoms with Crippen molar-refractivity contribution in [3.05, 3.63) is 68.0 Å². The number of amides is 1. The molecule has 3 nitrogen and oxygen atoms in total. The average Bonchev–Trinajstić information content (AvgIpc) is 2.93. The number of anilines is 1. The summed E-state index contributed by atoms with van der Waals surface area (Å²) in [5.74, 6) is -0.148. The lowest BCUT2D eigenvalue weighted by Crippen LogP contribution is -2.11. The van der Waals surface area contributed by atoms with Crippen LogP contribution in [0.4, 0.5) is 5.69 Å². The summed E-state index contributed by atoms with van der Waals surface area (Å²) >= 11 is 8.25. The molecule has 2 aromatic carbocycles. The number of nitrogens with zero attached hydrogens (tertiary/aromatic N) is 1. The second-order valence-electron chi connectivity index (χ2n) is 4.88. The van der Waals surface area contributed by atoms with Gasteiger partial charge in [0, 0.05) is 14.5 Å². The summed E-state index contributed by atoms with van der Waals surface area (Å²) in [7, 11) is 0. The van der Waals surface area contributed by atoms with Gasteiger partial charge in [-0.1, -0.05) is 46.3 Å². The molecule has 6 heteroatoms. The Hall–Kier alpha value is -1.50. The van der Waals surface area contributed by atoms with Crippen LogP contribution in [0.2, 0.25) is 0 Å². The zero-order valence-corrected chi connectivity index (χ0v) is 16.1. The molecule has 0 saturated carbocycles. The Morgan fingerprint density at radius 3 is 2.57 bits per heavy atom. The molecule has 0 aliphatic carbocycles. The van der Waals surface area contributed by atoms with Gasteiger partial charge in [-0.2, -0.15) is 0 Å². The molecule has 0 radical (unpaired) electrons. The first-order valence-electron chi connectivity index (χ1n) is 6.84. The van der Waals surface area contributed by atoms with E-state index in [9.17, 15) is 4.79 Å². The minimum absolute atomic E-state index is 0.148. The standard InChI is InChI=1S/C17H12Br2N2OS/c1-10-15(23-17(20-10)11-5-3-2-4-6-11)16(22)21-14-8-7-12(18)9-13(14)19/h2-9H,1H3,(H,21,22). The Morgan fingerprint density at radius 2 is 1.87 bits per heavy atom. The van der Waals surface area contributed by atoms with Gasteiger partial charge in [-0.15, -0.1) is 11.3 Å². The van der Waals surface area contributed by atoms with Gasteiger partial charge < -0.3 is 5.32 Å². The van der Waals surface area contributed by atoms with Gasteiger partial charge in [-0.25, -0.2) is 4.98 Å². The Balaban J connectivity index is 1.87. The predicted octanol–water partition coefficient (Wildman–Crippen LogP) is 5.90. The highest BCUT2D eigenvalue weighted by Gasteiger charge is 2.17. The smallest absolute Gasteiger partial charge is 0.267 e. The number of hydrogen-bond acceptors (Lipinski definition) is 3. The molecule has 0 spiro atoms. The van der Waals surface area contributed by atoms with Gasteiger partial charge in [0.1, 0.15) is 9.88 Å². The lowest BCUT2D eigenvalue weighted by molar-refractivity contribution is 0.102. The molecule has 0 aliphatic rings. The molecule has 0 bridgehead atoms. The molecule has 1 N–H and O–H groups in total. The van der Waals surface area contributed by atoms with Gasteiger partial charge in [0.15, 0.2) is 0 Å². The lowest BCUT2D eigenvalue weighted by Gasteiger charge is -2.06. The van der Waals surface area contributed by atoms with Crippen molar-refractivity contribution in [3.63, 3.8) is 0 Å². The van der Waals surface area contributed by atoms with Crippen molar-refractivity contribution < 1.29 is 4.79 Å². The molecule has 0 atom stereocenters. The minimum atomic E-state index is -0.148. The van der Waals surface area contributed by atoms with Crippen molar-refractivity contribution in [1.29, 1.82) is 0 Å². The molecule has 0 unspecified atom stereocenters. The number of aromatic nitrogens is 1. The Kier molecular flexibility index (Phi) is 4.94. The SMILES string of the molecule is Cc1nc(-c2ccccc2)sc1C(=O)Nc1ccc(Br)cc1Br. The van der Waals surface area contributed by atoms with Gasteiger partial charge >= 0.3 is 0 Å². The Bertz CT molecular complexity index is 862. The molecule has 1 heterocycles. The highest BCUT2D eigenvalue weighted by molar-refractivity contribution is 9.11. The lowest BCUT2D eigenvalue weighted by atomic mass is 10.2. The number of halogens is 2. The van der Waals surface area contributed by atoms with Crippen LogP contribution in [0, 0.1) is 6.92 Å². The second-order valence-corrected chi connectivity index (χ2v) is 7.65. The molecule has 23 heavy (non-hydrogen) atoms. The zero-order valence-electron chi connectivity index (χ0n) is 12.1. The summed E-state index contributed by atoms with van der Waals surface area (Å²) in [5, 5.41) is 3.77. The van der Waals surface area contributed by atoms with Crippen LogP contribution in [0.15, 0.2) is 57.5 Å². The van der Waals surface area contributed by atoms with E-state index in [0.717, 1.165) is 30.9 Å². The van der Waals surface area contributed by atoms with Crippen molar-refractivity contribution >= 4 is 54.8 Å². The van der Waals surface area contributed by atoms with E-state index < -0.39 is 0 Å². The largest absolute Gasteiger partial charge is 0.320 e. The first-order chi connectivity index (χ1) is 11.0. The minimum Gasteiger partial charge on any atom is -0.320 e. The van der Waals surface area contributed by atoms with Gasteiger partial charge in [0.2, 0.25) is 0 Å². The van der Waals surface area contributed by atoms with Gasteiger partial charge in [-0.05, 0) is 41.1 Å². The van der Waals surface area contributed by atoms with E-state index in [4.69, 9.17) is 0 Å². The summed E-state index contributed by atoms with van der Waals surface area (Å²) < 4.78 is 1.77. The third-order valence-electron chi connectivity index (χ3n) is 3.20. The summed E-state index contributed by atoms with van der Waals surface area (Å²) in [6.07, 6.45) is 0. The molecule has 1 aromatic heterocycles. The van der Waals surface area contributed by atoms with Crippen molar-refractivity contribution in [2.45, 2.75) is 6.92 Å². The second kappa shape index (κ2) is 6.95. The highest BCUT2D eigenvalue weighted by Crippen LogP contribution is 2.30. The fourth-order valence-corrected chi connectivity index (χ4v) is 4.19. The maximum atomic E-state index is 12.5. The van der Waals surface area contributed by atoms with E-state index in [2.05, 4.69) is 42.2 Å². The normalized spacial score (nSPS) is 10.6. The number of rotatable bonds is 3. The van der Waals surface area contributed by atoms with E-state index in [0.29, 0.717) is 4.88 Å². The molecule has 0 saturated heterocycles. The van der Waals surface area contributed by atoms with Crippen LogP contribution < -0.4 is 5.32 Å². The molecule has 0 aliphatic heterocycles. The van der Waals surface area contributed by atoms with Crippen molar-refractivity contribution in [2.75, 3.05) is 5.32 Å². The van der Waals surface area contributed by atoms with Crippen LogP contribution in [0.5, 0.6) is 0 Å². The first kappa shape index (κ1) is 16.4. The maximum Gasteiger partial charge on any atom is 0.267 e. The van der Waals surface area contributed by atoms with Crippen LogP contribution in [-0.4, -0.2) is 10.9 Å². The van der Waals surface area contributed by atoms with E-state index in [1.165, 1.54) is 11.3 Å². The number of benzene rings is 2. The quantitative estimate of drug-likeness (QED) is 0.538. The molecular formula is C17H12Br2N2OS. The summed E-state index contributed by atoms with van der Waals surface area (Å²) in [4.78, 5) is 17.7. The number of nitrogens with one attached hydrogen (secondary N) is 1. The van der Waals surface area contributed by atoms with Gasteiger partial charge in [0.25, 0.3) is 5.91 Å². The first-order valence-corrected chi connectivity index (χ1v) is 9.24. The van der Waals surface area contributed by atoms with Crippen molar-refractivity contribution in [3.8, 4) is 10.6 Å². The topological polar surface area (TPSA) is 42.0 Å². The fourth-order valence-electron chi connectivity index (χ4n) is 2.08. The van der Waals surface area contributed by atoms with Crippen LogP contribution in [0.3, 0.4) is 0 Å². The molecule has 3 rings (SSSR count). The number of aryl methyl sites for hydroxylation is 1. The van der Waals surface area contributed by atoms with Crippen LogP contribution in [0.1, 0.15) is 15.4 Å². The van der Waals surface area contributed by atoms with Gasteiger partial charge in [-0.3, -0.25) is 4.79 Å². The maximum absolute atomic E-state index is 12.5. The molecule has 0 fully saturated rings. The monoisotopic (exact) mass is 450 g/mol. The molecule has 116 valence electrons. The number of carbonyl (C=O) groups excluding carboxylic acids is 1. The fraction of sp³-hybridized carbons (Fsp3) is 0.0588. The Labute approximate surface area is 155 Å². The molecule has 3 aromatic rings. The van der Waals surface area contributed by atoms with Crippen LogP contribution in [-0.2, 0) is 0 Å². The number of carbonyl (C=O) groups is 1. The summed E-state index contributed by atoms with van der Waals surface area (Å²) in [5.41, 5.74) is 2.48. The van der Waals surface area contributed by atoms with Crippen molar-refractivity contribution in [2.24, 2.45) is 0 Å². The van der Waals surface area contributed by atoms with Crippen LogP contribution >= 0.6 is 43.2 Å². The van der Waals surface area contributed by atoms with Crippen LogP contribution in [0.25, 0.3) is 10.6 Å². The predicted molar refractivity (Wildman–Crippen MR) is 102 cm³/mol. The third kappa shape index (κ3) is 3.71.